The van der Waals surface area contributed by atoms with Gasteiger partial charge in [-0.3, -0.25) is 4.79 Å². The summed E-state index contributed by atoms with van der Waals surface area (Å²) >= 11 is 3.40. The fourth-order valence-corrected chi connectivity index (χ4v) is 2.91. The van der Waals surface area contributed by atoms with Crippen molar-refractivity contribution in [2.45, 2.75) is 6.42 Å². The fourth-order valence-electron chi connectivity index (χ4n) is 2.51. The largest absolute Gasteiger partial charge is 0.362 e. The third kappa shape index (κ3) is 2.85. The highest BCUT2D eigenvalue weighted by Crippen LogP contribution is 2.27. The Kier molecular flexibility index (Phi) is 3.74. The topological polar surface area (TPSA) is 32.3 Å². The van der Waals surface area contributed by atoms with E-state index in [2.05, 4.69) is 38.3 Å². The van der Waals surface area contributed by atoms with E-state index in [1.165, 1.54) is 11.3 Å². The normalized spacial score (nSPS) is 13.2. The summed E-state index contributed by atoms with van der Waals surface area (Å²) in [6, 6.07) is 15.9. The second kappa shape index (κ2) is 5.67. The van der Waals surface area contributed by atoms with Gasteiger partial charge in [0.2, 0.25) is 5.91 Å². The lowest BCUT2D eigenvalue weighted by Gasteiger charge is -2.18. The number of para-hydroxylation sites is 1. The molecule has 0 saturated carbocycles. The van der Waals surface area contributed by atoms with Gasteiger partial charge >= 0.3 is 0 Å². The molecule has 0 atom stereocenters. The Morgan fingerprint density at radius 1 is 1.20 bits per heavy atom. The van der Waals surface area contributed by atoms with Gasteiger partial charge in [-0.15, -0.1) is 0 Å². The van der Waals surface area contributed by atoms with Crippen LogP contribution in [0.1, 0.15) is 5.56 Å². The maximum Gasteiger partial charge on any atom is 0.243 e. The van der Waals surface area contributed by atoms with E-state index in [-0.39, 0.29) is 5.91 Å². The molecule has 0 unspecified atom stereocenters. The predicted molar refractivity (Wildman–Crippen MR) is 85.1 cm³/mol. The molecule has 0 bridgehead atoms. The van der Waals surface area contributed by atoms with E-state index in [1.807, 2.05) is 36.4 Å². The molecule has 4 heteroatoms. The molecule has 0 fully saturated rings. The average molecular weight is 331 g/mol. The second-order valence-electron chi connectivity index (χ2n) is 4.86. The van der Waals surface area contributed by atoms with Crippen LogP contribution in [0, 0.1) is 0 Å². The number of halogens is 1. The Morgan fingerprint density at radius 3 is 2.90 bits per heavy atom. The number of amides is 1. The van der Waals surface area contributed by atoms with Gasteiger partial charge in [0.25, 0.3) is 0 Å². The van der Waals surface area contributed by atoms with Crippen LogP contribution in [-0.4, -0.2) is 19.0 Å². The zero-order valence-corrected chi connectivity index (χ0v) is 12.6. The van der Waals surface area contributed by atoms with Crippen molar-refractivity contribution >= 4 is 33.2 Å². The number of anilines is 2. The first-order valence-electron chi connectivity index (χ1n) is 6.60. The molecule has 0 aromatic heterocycles. The highest BCUT2D eigenvalue weighted by Gasteiger charge is 2.20. The number of nitrogens with zero attached hydrogens (tertiary/aromatic N) is 1. The van der Waals surface area contributed by atoms with Crippen molar-refractivity contribution in [3.8, 4) is 0 Å². The van der Waals surface area contributed by atoms with Gasteiger partial charge in [0, 0.05) is 22.4 Å². The molecule has 102 valence electrons. The molecule has 1 aliphatic rings. The first-order valence-corrected chi connectivity index (χ1v) is 7.40. The average Bonchev–Trinajstić information content (AvgIpc) is 2.82. The standard InChI is InChI=1S/C16H15BrN2O/c17-13-5-3-6-14(10-13)18-16(20)11-19-9-8-12-4-1-2-7-15(12)19/h1-7,10H,8-9,11H2,(H,18,20). The number of carbonyl (C=O) groups excluding carboxylic acids is 1. The van der Waals surface area contributed by atoms with Crippen molar-refractivity contribution in [1.29, 1.82) is 0 Å². The van der Waals surface area contributed by atoms with Crippen LogP contribution in [0.15, 0.2) is 53.0 Å². The second-order valence-corrected chi connectivity index (χ2v) is 5.77. The minimum Gasteiger partial charge on any atom is -0.362 e. The smallest absolute Gasteiger partial charge is 0.243 e. The SMILES string of the molecule is O=C(CN1CCc2ccccc21)Nc1cccc(Br)c1. The van der Waals surface area contributed by atoms with Gasteiger partial charge in [0.05, 0.1) is 6.54 Å². The Hall–Kier alpha value is -1.81. The van der Waals surface area contributed by atoms with Crippen molar-refractivity contribution in [2.75, 3.05) is 23.3 Å². The van der Waals surface area contributed by atoms with Crippen LogP contribution in [0.5, 0.6) is 0 Å². The fraction of sp³-hybridized carbons (Fsp3) is 0.188. The van der Waals surface area contributed by atoms with Gasteiger partial charge in [-0.25, -0.2) is 0 Å². The Balaban J connectivity index is 1.66. The Morgan fingerprint density at radius 2 is 2.05 bits per heavy atom. The zero-order chi connectivity index (χ0) is 13.9. The van der Waals surface area contributed by atoms with Crippen molar-refractivity contribution in [3.05, 3.63) is 58.6 Å². The van der Waals surface area contributed by atoms with Gasteiger partial charge in [-0.1, -0.05) is 40.2 Å². The molecule has 3 nitrogen and oxygen atoms in total. The van der Waals surface area contributed by atoms with Crippen LogP contribution in [0.3, 0.4) is 0 Å². The summed E-state index contributed by atoms with van der Waals surface area (Å²) in [6.07, 6.45) is 1.01. The lowest BCUT2D eigenvalue weighted by molar-refractivity contribution is -0.115. The molecular weight excluding hydrogens is 316 g/mol. The molecule has 3 rings (SSSR count). The van der Waals surface area contributed by atoms with E-state index in [0.717, 1.165) is 23.1 Å². The van der Waals surface area contributed by atoms with Crippen LogP contribution in [0.4, 0.5) is 11.4 Å². The highest BCUT2D eigenvalue weighted by molar-refractivity contribution is 9.10. The lowest BCUT2D eigenvalue weighted by atomic mass is 10.2. The highest BCUT2D eigenvalue weighted by atomic mass is 79.9. The van der Waals surface area contributed by atoms with Crippen molar-refractivity contribution in [2.24, 2.45) is 0 Å². The third-order valence-corrected chi connectivity index (χ3v) is 3.92. The number of carbonyl (C=O) groups is 1. The molecule has 1 heterocycles. The third-order valence-electron chi connectivity index (χ3n) is 3.43. The number of benzene rings is 2. The van der Waals surface area contributed by atoms with E-state index < -0.39 is 0 Å². The van der Waals surface area contributed by atoms with Crippen molar-refractivity contribution < 1.29 is 4.79 Å². The molecule has 1 amide bonds. The summed E-state index contributed by atoms with van der Waals surface area (Å²) in [5, 5.41) is 2.93. The Bertz CT molecular complexity index is 642. The molecule has 2 aromatic carbocycles. The molecule has 1 aliphatic heterocycles. The maximum absolute atomic E-state index is 12.1. The van der Waals surface area contributed by atoms with E-state index in [1.54, 1.807) is 0 Å². The monoisotopic (exact) mass is 330 g/mol. The summed E-state index contributed by atoms with van der Waals surface area (Å²) in [7, 11) is 0. The molecule has 0 saturated heterocycles. The van der Waals surface area contributed by atoms with Crippen molar-refractivity contribution in [3.63, 3.8) is 0 Å². The van der Waals surface area contributed by atoms with Crippen molar-refractivity contribution in [1.82, 2.24) is 0 Å². The first kappa shape index (κ1) is 13.2. The van der Waals surface area contributed by atoms with Gasteiger partial charge in [-0.2, -0.15) is 0 Å². The summed E-state index contributed by atoms with van der Waals surface area (Å²) in [6.45, 7) is 1.30. The molecular formula is C16H15BrN2O. The molecule has 0 radical (unpaired) electrons. The van der Waals surface area contributed by atoms with Crippen LogP contribution in [0.2, 0.25) is 0 Å². The summed E-state index contributed by atoms with van der Waals surface area (Å²) in [4.78, 5) is 14.2. The van der Waals surface area contributed by atoms with E-state index in [4.69, 9.17) is 0 Å². The molecule has 2 aromatic rings. The van der Waals surface area contributed by atoms with Gasteiger partial charge < -0.3 is 10.2 Å². The lowest BCUT2D eigenvalue weighted by Crippen LogP contribution is -2.31. The van der Waals surface area contributed by atoms with E-state index in [9.17, 15) is 4.79 Å². The molecule has 1 N–H and O–H groups in total. The first-order chi connectivity index (χ1) is 9.72. The maximum atomic E-state index is 12.1. The summed E-state index contributed by atoms with van der Waals surface area (Å²) in [5.74, 6) is 0.0137. The van der Waals surface area contributed by atoms with Crippen LogP contribution >= 0.6 is 15.9 Å². The predicted octanol–water partition coefficient (Wildman–Crippen LogP) is 3.45. The Labute approximate surface area is 126 Å². The van der Waals surface area contributed by atoms with Crippen LogP contribution in [0.25, 0.3) is 0 Å². The summed E-state index contributed by atoms with van der Waals surface area (Å²) in [5.41, 5.74) is 3.32. The number of rotatable bonds is 3. The number of nitrogens with one attached hydrogen (secondary N) is 1. The van der Waals surface area contributed by atoms with Gasteiger partial charge in [0.1, 0.15) is 0 Å². The van der Waals surface area contributed by atoms with Crippen LogP contribution in [-0.2, 0) is 11.2 Å². The quantitative estimate of drug-likeness (QED) is 0.934. The summed E-state index contributed by atoms with van der Waals surface area (Å²) < 4.78 is 0.960. The van der Waals surface area contributed by atoms with Crippen LogP contribution < -0.4 is 10.2 Å². The molecule has 20 heavy (non-hydrogen) atoms. The van der Waals surface area contributed by atoms with Gasteiger partial charge in [0.15, 0.2) is 0 Å². The van der Waals surface area contributed by atoms with E-state index in [0.29, 0.717) is 6.54 Å². The van der Waals surface area contributed by atoms with Gasteiger partial charge in [-0.05, 0) is 36.2 Å². The number of fused-ring (bicyclic) bond motifs is 1. The number of hydrogen-bond donors (Lipinski definition) is 1. The number of hydrogen-bond acceptors (Lipinski definition) is 2. The molecule has 0 aliphatic carbocycles. The molecule has 0 spiro atoms. The minimum absolute atomic E-state index is 0.0137. The zero-order valence-electron chi connectivity index (χ0n) is 11.0. The van der Waals surface area contributed by atoms with E-state index >= 15 is 0 Å². The minimum atomic E-state index is 0.0137.